The Morgan fingerprint density at radius 3 is 2.47 bits per heavy atom. The van der Waals surface area contributed by atoms with Crippen LogP contribution in [0.5, 0.6) is 0 Å². The van der Waals surface area contributed by atoms with E-state index in [1.165, 1.54) is 16.0 Å². The van der Waals surface area contributed by atoms with E-state index >= 15 is 0 Å². The minimum atomic E-state index is -0.787. The second kappa shape index (κ2) is 8.14. The Kier molecular flexibility index (Phi) is 5.56. The molecule has 1 aliphatic heterocycles. The van der Waals surface area contributed by atoms with Gasteiger partial charge in [0.2, 0.25) is 5.91 Å². The van der Waals surface area contributed by atoms with Gasteiger partial charge in [-0.2, -0.15) is 0 Å². The first-order valence-electron chi connectivity index (χ1n) is 10.2. The van der Waals surface area contributed by atoms with Gasteiger partial charge >= 0.3 is 6.03 Å². The second-order valence-corrected chi connectivity index (χ2v) is 9.17. The number of amides is 4. The molecule has 1 saturated heterocycles. The highest BCUT2D eigenvalue weighted by molar-refractivity contribution is 7.99. The molecule has 7 heteroatoms. The molecule has 0 unspecified atom stereocenters. The Labute approximate surface area is 180 Å². The minimum Gasteiger partial charge on any atom is -0.325 e. The SMILES string of the molecule is Cc1ccc(Sc2ccc(NC(=O)CN3C(=O)NC4(CCCC4)C3=O)cc2)c(C)c1. The number of rotatable bonds is 5. The van der Waals surface area contributed by atoms with Crippen molar-refractivity contribution in [3.8, 4) is 0 Å². The standard InChI is InChI=1S/C23H25N3O3S/c1-15-5-10-19(16(2)13-15)30-18-8-6-17(7-9-18)24-20(27)14-26-21(28)23(25-22(26)29)11-3-4-12-23/h5-10,13H,3-4,11-12,14H2,1-2H3,(H,24,27)(H,25,29). The van der Waals surface area contributed by atoms with Gasteiger partial charge in [-0.3, -0.25) is 14.5 Å². The summed E-state index contributed by atoms with van der Waals surface area (Å²) in [7, 11) is 0. The molecule has 2 aromatic carbocycles. The molecular formula is C23H25N3O3S. The lowest BCUT2D eigenvalue weighted by atomic mass is 9.98. The van der Waals surface area contributed by atoms with Crippen molar-refractivity contribution in [2.24, 2.45) is 0 Å². The lowest BCUT2D eigenvalue weighted by molar-refractivity contribution is -0.133. The molecule has 2 N–H and O–H groups in total. The van der Waals surface area contributed by atoms with Crippen LogP contribution in [0, 0.1) is 13.8 Å². The summed E-state index contributed by atoms with van der Waals surface area (Å²) in [5, 5.41) is 5.57. The number of nitrogens with zero attached hydrogens (tertiary/aromatic N) is 1. The topological polar surface area (TPSA) is 78.5 Å². The molecule has 156 valence electrons. The molecule has 4 rings (SSSR count). The number of urea groups is 1. The lowest BCUT2D eigenvalue weighted by Gasteiger charge is -2.19. The normalized spacial score (nSPS) is 17.5. The van der Waals surface area contributed by atoms with Crippen LogP contribution < -0.4 is 10.6 Å². The molecule has 0 aromatic heterocycles. The smallest absolute Gasteiger partial charge is 0.325 e. The quantitative estimate of drug-likeness (QED) is 0.705. The average Bonchev–Trinajstić information content (AvgIpc) is 3.26. The number of hydrogen-bond donors (Lipinski definition) is 2. The van der Waals surface area contributed by atoms with Crippen molar-refractivity contribution in [2.45, 2.75) is 54.9 Å². The first-order valence-corrected chi connectivity index (χ1v) is 11.0. The Bertz CT molecular complexity index is 997. The number of anilines is 1. The predicted molar refractivity (Wildman–Crippen MR) is 117 cm³/mol. The Hall–Kier alpha value is -2.80. The highest BCUT2D eigenvalue weighted by Crippen LogP contribution is 2.35. The molecule has 6 nitrogen and oxygen atoms in total. The lowest BCUT2D eigenvalue weighted by Crippen LogP contribution is -2.44. The van der Waals surface area contributed by atoms with Crippen LogP contribution in [0.2, 0.25) is 0 Å². The van der Waals surface area contributed by atoms with Gasteiger partial charge in [-0.1, -0.05) is 42.3 Å². The third-order valence-electron chi connectivity index (χ3n) is 5.70. The van der Waals surface area contributed by atoms with E-state index in [0.29, 0.717) is 18.5 Å². The fourth-order valence-electron chi connectivity index (χ4n) is 4.13. The highest BCUT2D eigenvalue weighted by Gasteiger charge is 2.52. The number of carbonyl (C=O) groups is 3. The van der Waals surface area contributed by atoms with Crippen LogP contribution in [-0.4, -0.2) is 34.8 Å². The van der Waals surface area contributed by atoms with Crippen molar-refractivity contribution >= 4 is 35.3 Å². The summed E-state index contributed by atoms with van der Waals surface area (Å²) in [5.74, 6) is -0.663. The van der Waals surface area contributed by atoms with Gasteiger partial charge in [-0.05, 0) is 62.6 Å². The minimum absolute atomic E-state index is 0.272. The zero-order valence-corrected chi connectivity index (χ0v) is 18.0. The summed E-state index contributed by atoms with van der Waals surface area (Å²) in [6.45, 7) is 3.90. The second-order valence-electron chi connectivity index (χ2n) is 8.05. The fourth-order valence-corrected chi connectivity index (χ4v) is 5.01. The van der Waals surface area contributed by atoms with E-state index in [9.17, 15) is 14.4 Å². The maximum Gasteiger partial charge on any atom is 0.325 e. The van der Waals surface area contributed by atoms with Crippen LogP contribution in [0.4, 0.5) is 10.5 Å². The summed E-state index contributed by atoms with van der Waals surface area (Å²) < 4.78 is 0. The largest absolute Gasteiger partial charge is 0.325 e. The zero-order chi connectivity index (χ0) is 21.3. The Balaban J connectivity index is 1.36. The summed E-state index contributed by atoms with van der Waals surface area (Å²) in [6, 6.07) is 13.4. The van der Waals surface area contributed by atoms with E-state index < -0.39 is 11.6 Å². The van der Waals surface area contributed by atoms with Crippen LogP contribution in [0.25, 0.3) is 0 Å². The van der Waals surface area contributed by atoms with Gasteiger partial charge in [0.25, 0.3) is 5.91 Å². The Morgan fingerprint density at radius 2 is 1.80 bits per heavy atom. The molecule has 0 bridgehead atoms. The van der Waals surface area contributed by atoms with E-state index in [4.69, 9.17) is 0 Å². The molecular weight excluding hydrogens is 398 g/mol. The number of nitrogens with one attached hydrogen (secondary N) is 2. The van der Waals surface area contributed by atoms with Crippen molar-refractivity contribution in [1.29, 1.82) is 0 Å². The van der Waals surface area contributed by atoms with Crippen LogP contribution >= 0.6 is 11.8 Å². The number of benzene rings is 2. The van der Waals surface area contributed by atoms with E-state index in [2.05, 4.69) is 42.7 Å². The maximum absolute atomic E-state index is 12.7. The van der Waals surface area contributed by atoms with Gasteiger partial charge < -0.3 is 10.6 Å². The van der Waals surface area contributed by atoms with E-state index in [1.807, 2.05) is 24.3 Å². The van der Waals surface area contributed by atoms with Crippen LogP contribution in [-0.2, 0) is 9.59 Å². The van der Waals surface area contributed by atoms with Crippen LogP contribution in [0.15, 0.2) is 52.3 Å². The number of carbonyl (C=O) groups excluding carboxylic acids is 3. The summed E-state index contributed by atoms with van der Waals surface area (Å²) in [6.07, 6.45) is 3.13. The summed E-state index contributed by atoms with van der Waals surface area (Å²) >= 11 is 1.67. The molecule has 0 radical (unpaired) electrons. The van der Waals surface area contributed by atoms with Gasteiger partial charge in [0, 0.05) is 15.5 Å². The molecule has 4 amide bonds. The van der Waals surface area contributed by atoms with Crippen molar-refractivity contribution < 1.29 is 14.4 Å². The van der Waals surface area contributed by atoms with E-state index in [1.54, 1.807) is 11.8 Å². The summed E-state index contributed by atoms with van der Waals surface area (Å²) in [5.41, 5.74) is 2.31. The molecule has 1 saturated carbocycles. The Morgan fingerprint density at radius 1 is 1.10 bits per heavy atom. The average molecular weight is 424 g/mol. The van der Waals surface area contributed by atoms with Crippen LogP contribution in [0.1, 0.15) is 36.8 Å². The third kappa shape index (κ3) is 4.07. The van der Waals surface area contributed by atoms with Gasteiger partial charge in [0.15, 0.2) is 0 Å². The van der Waals surface area contributed by atoms with Gasteiger partial charge in [-0.15, -0.1) is 0 Å². The first kappa shape index (κ1) is 20.5. The zero-order valence-electron chi connectivity index (χ0n) is 17.2. The highest BCUT2D eigenvalue weighted by atomic mass is 32.2. The summed E-state index contributed by atoms with van der Waals surface area (Å²) in [4.78, 5) is 40.6. The number of imide groups is 1. The fraction of sp³-hybridized carbons (Fsp3) is 0.348. The number of hydrogen-bond acceptors (Lipinski definition) is 4. The number of aryl methyl sites for hydroxylation is 2. The van der Waals surface area contributed by atoms with E-state index in [-0.39, 0.29) is 18.4 Å². The van der Waals surface area contributed by atoms with Crippen molar-refractivity contribution in [3.05, 3.63) is 53.6 Å². The molecule has 2 aliphatic rings. The van der Waals surface area contributed by atoms with Gasteiger partial charge in [-0.25, -0.2) is 4.79 Å². The van der Waals surface area contributed by atoms with Gasteiger partial charge in [0.05, 0.1) is 0 Å². The van der Waals surface area contributed by atoms with E-state index in [0.717, 1.165) is 22.6 Å². The monoisotopic (exact) mass is 423 g/mol. The molecule has 1 heterocycles. The molecule has 0 atom stereocenters. The van der Waals surface area contributed by atoms with Crippen molar-refractivity contribution in [2.75, 3.05) is 11.9 Å². The molecule has 1 aliphatic carbocycles. The van der Waals surface area contributed by atoms with Crippen molar-refractivity contribution in [3.63, 3.8) is 0 Å². The first-order chi connectivity index (χ1) is 14.4. The third-order valence-corrected chi connectivity index (χ3v) is 6.89. The van der Waals surface area contributed by atoms with Gasteiger partial charge in [0.1, 0.15) is 12.1 Å². The molecule has 1 spiro atoms. The van der Waals surface area contributed by atoms with Crippen LogP contribution in [0.3, 0.4) is 0 Å². The molecule has 2 fully saturated rings. The molecule has 30 heavy (non-hydrogen) atoms. The van der Waals surface area contributed by atoms with Crippen molar-refractivity contribution in [1.82, 2.24) is 10.2 Å². The maximum atomic E-state index is 12.7. The molecule has 2 aromatic rings. The predicted octanol–water partition coefficient (Wildman–Crippen LogP) is 4.26.